The lowest BCUT2D eigenvalue weighted by Gasteiger charge is -2.28. The minimum absolute atomic E-state index is 0.211. The van der Waals surface area contributed by atoms with E-state index in [0.717, 1.165) is 26.1 Å². The van der Waals surface area contributed by atoms with Crippen LogP contribution in [0, 0.1) is 5.92 Å². The van der Waals surface area contributed by atoms with Gasteiger partial charge in [-0.05, 0) is 43.4 Å². The number of hydrogen-bond donors (Lipinski definition) is 0. The standard InChI is InChI=1S/C19H30N2O/c1-14(2)18-6-8-19(9-7-18)15(3)20(5)12-17-10-11-21(13-17)16(4)22/h6-9,14-15,17H,10-13H2,1-5H3/t15-,17+/m1/s1. The second kappa shape index (κ2) is 7.28. The minimum atomic E-state index is 0.211. The molecule has 0 spiro atoms. The van der Waals surface area contributed by atoms with Gasteiger partial charge in [0.2, 0.25) is 5.91 Å². The van der Waals surface area contributed by atoms with E-state index in [1.807, 2.05) is 4.90 Å². The lowest BCUT2D eigenvalue weighted by Crippen LogP contribution is -2.31. The van der Waals surface area contributed by atoms with E-state index in [2.05, 4.69) is 57.0 Å². The number of carbonyl (C=O) groups is 1. The quantitative estimate of drug-likeness (QED) is 0.828. The average Bonchev–Trinajstić information content (AvgIpc) is 2.95. The minimum Gasteiger partial charge on any atom is -0.343 e. The molecule has 0 N–H and O–H groups in total. The van der Waals surface area contributed by atoms with Gasteiger partial charge in [-0.15, -0.1) is 0 Å². The number of likely N-dealkylation sites (tertiary alicyclic amines) is 1. The van der Waals surface area contributed by atoms with Crippen LogP contribution in [-0.4, -0.2) is 42.4 Å². The Morgan fingerprint density at radius 2 is 1.82 bits per heavy atom. The summed E-state index contributed by atoms with van der Waals surface area (Å²) in [4.78, 5) is 15.8. The van der Waals surface area contributed by atoms with E-state index in [9.17, 15) is 4.79 Å². The first kappa shape index (κ1) is 17.0. The van der Waals surface area contributed by atoms with Crippen LogP contribution in [0.5, 0.6) is 0 Å². The molecule has 0 saturated carbocycles. The van der Waals surface area contributed by atoms with Crippen LogP contribution in [0.1, 0.15) is 57.2 Å². The van der Waals surface area contributed by atoms with Gasteiger partial charge in [-0.3, -0.25) is 9.69 Å². The molecule has 1 aliphatic rings. The number of hydrogen-bond acceptors (Lipinski definition) is 2. The Bertz CT molecular complexity index is 495. The van der Waals surface area contributed by atoms with Gasteiger partial charge < -0.3 is 4.90 Å². The Kier molecular flexibility index (Phi) is 5.63. The van der Waals surface area contributed by atoms with Crippen LogP contribution in [0.4, 0.5) is 0 Å². The van der Waals surface area contributed by atoms with Gasteiger partial charge in [0.15, 0.2) is 0 Å². The highest BCUT2D eigenvalue weighted by atomic mass is 16.2. The van der Waals surface area contributed by atoms with Gasteiger partial charge in [0.1, 0.15) is 0 Å². The molecule has 0 radical (unpaired) electrons. The normalized spacial score (nSPS) is 20.0. The zero-order chi connectivity index (χ0) is 16.3. The van der Waals surface area contributed by atoms with E-state index in [4.69, 9.17) is 0 Å². The van der Waals surface area contributed by atoms with E-state index >= 15 is 0 Å². The number of nitrogens with zero attached hydrogens (tertiary/aromatic N) is 2. The maximum absolute atomic E-state index is 11.4. The van der Waals surface area contributed by atoms with Gasteiger partial charge in [-0.25, -0.2) is 0 Å². The van der Waals surface area contributed by atoms with Crippen molar-refractivity contribution in [3.8, 4) is 0 Å². The Morgan fingerprint density at radius 1 is 1.23 bits per heavy atom. The lowest BCUT2D eigenvalue weighted by molar-refractivity contribution is -0.127. The highest BCUT2D eigenvalue weighted by Gasteiger charge is 2.26. The number of carbonyl (C=O) groups excluding carboxylic acids is 1. The van der Waals surface area contributed by atoms with Gasteiger partial charge in [-0.2, -0.15) is 0 Å². The summed E-state index contributed by atoms with van der Waals surface area (Å²) in [5, 5.41) is 0. The average molecular weight is 302 g/mol. The molecule has 0 aliphatic carbocycles. The molecular formula is C19H30N2O. The first-order chi connectivity index (χ1) is 10.4. The van der Waals surface area contributed by atoms with Gasteiger partial charge >= 0.3 is 0 Å². The topological polar surface area (TPSA) is 23.6 Å². The first-order valence-corrected chi connectivity index (χ1v) is 8.44. The largest absolute Gasteiger partial charge is 0.343 e. The van der Waals surface area contributed by atoms with E-state index in [-0.39, 0.29) is 5.91 Å². The molecule has 2 atom stereocenters. The Hall–Kier alpha value is -1.35. The number of rotatable bonds is 5. The van der Waals surface area contributed by atoms with Crippen molar-refractivity contribution in [2.24, 2.45) is 5.92 Å². The summed E-state index contributed by atoms with van der Waals surface area (Å²) in [6, 6.07) is 9.42. The fourth-order valence-corrected chi connectivity index (χ4v) is 3.25. The van der Waals surface area contributed by atoms with Crippen molar-refractivity contribution in [1.82, 2.24) is 9.80 Å². The van der Waals surface area contributed by atoms with Crippen LogP contribution in [-0.2, 0) is 4.79 Å². The third-order valence-electron chi connectivity index (χ3n) is 5.02. The van der Waals surface area contributed by atoms with E-state index in [0.29, 0.717) is 17.9 Å². The van der Waals surface area contributed by atoms with E-state index in [1.165, 1.54) is 11.1 Å². The second-order valence-electron chi connectivity index (χ2n) is 7.06. The van der Waals surface area contributed by atoms with Crippen LogP contribution in [0.3, 0.4) is 0 Å². The molecule has 2 rings (SSSR count). The third kappa shape index (κ3) is 4.10. The predicted octanol–water partition coefficient (Wildman–Crippen LogP) is 3.67. The molecule has 0 bridgehead atoms. The Balaban J connectivity index is 1.92. The molecule has 0 aromatic heterocycles. The lowest BCUT2D eigenvalue weighted by atomic mass is 9.98. The van der Waals surface area contributed by atoms with Crippen molar-refractivity contribution in [3.63, 3.8) is 0 Å². The molecule has 1 aliphatic heterocycles. The molecule has 3 heteroatoms. The van der Waals surface area contributed by atoms with Crippen LogP contribution < -0.4 is 0 Å². The Labute approximate surface area is 135 Å². The molecule has 0 unspecified atom stereocenters. The zero-order valence-corrected chi connectivity index (χ0v) is 14.7. The van der Waals surface area contributed by atoms with E-state index in [1.54, 1.807) is 6.92 Å². The summed E-state index contributed by atoms with van der Waals surface area (Å²) in [5.41, 5.74) is 2.76. The molecule has 1 aromatic rings. The predicted molar refractivity (Wildman–Crippen MR) is 91.9 cm³/mol. The monoisotopic (exact) mass is 302 g/mol. The molecule has 1 amide bonds. The summed E-state index contributed by atoms with van der Waals surface area (Å²) in [6.45, 7) is 11.3. The van der Waals surface area contributed by atoms with Crippen molar-refractivity contribution < 1.29 is 4.79 Å². The molecular weight excluding hydrogens is 272 g/mol. The Morgan fingerprint density at radius 3 is 2.32 bits per heavy atom. The fourth-order valence-electron chi connectivity index (χ4n) is 3.25. The highest BCUT2D eigenvalue weighted by Crippen LogP contribution is 2.25. The molecule has 22 heavy (non-hydrogen) atoms. The summed E-state index contributed by atoms with van der Waals surface area (Å²) in [7, 11) is 2.19. The van der Waals surface area contributed by atoms with Crippen LogP contribution in [0.15, 0.2) is 24.3 Å². The molecule has 1 saturated heterocycles. The van der Waals surface area contributed by atoms with Gasteiger partial charge in [0, 0.05) is 32.6 Å². The maximum Gasteiger partial charge on any atom is 0.219 e. The van der Waals surface area contributed by atoms with Gasteiger partial charge in [0.25, 0.3) is 0 Å². The van der Waals surface area contributed by atoms with Crippen molar-refractivity contribution >= 4 is 5.91 Å². The van der Waals surface area contributed by atoms with Crippen molar-refractivity contribution in [3.05, 3.63) is 35.4 Å². The molecule has 1 fully saturated rings. The first-order valence-electron chi connectivity index (χ1n) is 8.44. The highest BCUT2D eigenvalue weighted by molar-refractivity contribution is 5.73. The molecule has 3 nitrogen and oxygen atoms in total. The molecule has 1 aromatic carbocycles. The van der Waals surface area contributed by atoms with Crippen LogP contribution in [0.25, 0.3) is 0 Å². The fraction of sp³-hybridized carbons (Fsp3) is 0.632. The van der Waals surface area contributed by atoms with Crippen LogP contribution >= 0.6 is 0 Å². The smallest absolute Gasteiger partial charge is 0.219 e. The van der Waals surface area contributed by atoms with Gasteiger partial charge in [0.05, 0.1) is 0 Å². The van der Waals surface area contributed by atoms with Gasteiger partial charge in [-0.1, -0.05) is 38.1 Å². The maximum atomic E-state index is 11.4. The summed E-state index contributed by atoms with van der Waals surface area (Å²) < 4.78 is 0. The second-order valence-corrected chi connectivity index (χ2v) is 7.06. The molecule has 1 heterocycles. The van der Waals surface area contributed by atoms with Crippen molar-refractivity contribution in [2.75, 3.05) is 26.7 Å². The van der Waals surface area contributed by atoms with Crippen LogP contribution in [0.2, 0.25) is 0 Å². The summed E-state index contributed by atoms with van der Waals surface area (Å²) in [6.07, 6.45) is 1.13. The number of benzene rings is 1. The van der Waals surface area contributed by atoms with E-state index < -0.39 is 0 Å². The number of amides is 1. The molecule has 122 valence electrons. The van der Waals surface area contributed by atoms with Crippen molar-refractivity contribution in [2.45, 2.75) is 46.1 Å². The SMILES string of the molecule is CC(=O)N1CC[C@@H](CN(C)[C@H](C)c2ccc(C(C)C)cc2)C1. The zero-order valence-electron chi connectivity index (χ0n) is 14.7. The summed E-state index contributed by atoms with van der Waals surface area (Å²) >= 11 is 0. The third-order valence-corrected chi connectivity index (χ3v) is 5.02. The summed E-state index contributed by atoms with van der Waals surface area (Å²) in [5.74, 6) is 1.40. The van der Waals surface area contributed by atoms with Crippen molar-refractivity contribution in [1.29, 1.82) is 0 Å².